The van der Waals surface area contributed by atoms with Crippen molar-refractivity contribution in [1.82, 2.24) is 20.3 Å². The molecule has 2 heterocycles. The summed E-state index contributed by atoms with van der Waals surface area (Å²) in [6, 6.07) is 0. The molecule has 0 amide bonds. The van der Waals surface area contributed by atoms with Crippen molar-refractivity contribution in [2.24, 2.45) is 5.10 Å². The second-order valence-electron chi connectivity index (χ2n) is 1.82. The van der Waals surface area contributed by atoms with E-state index in [0.717, 1.165) is 0 Å². The topological polar surface area (TPSA) is 58.3 Å². The van der Waals surface area contributed by atoms with Crippen LogP contribution >= 0.6 is 0 Å². The normalized spacial score (nSPS) is 15.8. The lowest BCUT2D eigenvalue weighted by atomic mass is 11.0. The molecular weight excluding hydrogens is 132 g/mol. The molecule has 0 fully saturated rings. The summed E-state index contributed by atoms with van der Waals surface area (Å²) >= 11 is 0. The molecule has 1 N–H and O–H groups in total. The van der Waals surface area contributed by atoms with Crippen LogP contribution in [0.15, 0.2) is 17.8 Å². The van der Waals surface area contributed by atoms with Crippen LogP contribution < -0.4 is 10.4 Å². The molecule has 1 aromatic heterocycles. The van der Waals surface area contributed by atoms with E-state index in [2.05, 4.69) is 20.6 Å². The average Bonchev–Trinajstić information content (AvgIpc) is 2.59. The predicted octanol–water partition coefficient (Wildman–Crippen LogP) is -1.28. The van der Waals surface area contributed by atoms with Gasteiger partial charge in [0.2, 0.25) is 0 Å². The molecule has 2 rings (SSSR count). The van der Waals surface area contributed by atoms with Gasteiger partial charge in [0.05, 0.1) is 0 Å². The minimum atomic E-state index is 0.642. The molecule has 0 saturated carbocycles. The third-order valence-corrected chi connectivity index (χ3v) is 1.18. The van der Waals surface area contributed by atoms with Crippen molar-refractivity contribution in [2.45, 2.75) is 0 Å². The minimum absolute atomic E-state index is 0.642. The largest absolute Gasteiger partial charge is 0.287 e. The van der Waals surface area contributed by atoms with Crippen LogP contribution in [0.1, 0.15) is 0 Å². The van der Waals surface area contributed by atoms with E-state index in [0.29, 0.717) is 6.67 Å². The van der Waals surface area contributed by atoms with E-state index in [1.54, 1.807) is 22.5 Å². The number of aromatic nitrogens is 3. The number of hydrogen-bond donors (Lipinski definition) is 1. The molecule has 0 radical (unpaired) electrons. The summed E-state index contributed by atoms with van der Waals surface area (Å²) < 4.78 is 0. The summed E-state index contributed by atoms with van der Waals surface area (Å²) in [6.45, 7) is 0.642. The molecular formula is C4H6N6. The zero-order chi connectivity index (χ0) is 6.81. The second kappa shape index (κ2) is 1.98. The van der Waals surface area contributed by atoms with Crippen LogP contribution in [0.3, 0.4) is 0 Å². The molecule has 0 saturated heterocycles. The molecule has 10 heavy (non-hydrogen) atoms. The van der Waals surface area contributed by atoms with E-state index >= 15 is 0 Å². The van der Waals surface area contributed by atoms with E-state index in [1.807, 2.05) is 0 Å². The first-order chi connectivity index (χ1) is 4.97. The Morgan fingerprint density at radius 2 is 2.50 bits per heavy atom. The highest BCUT2D eigenvalue weighted by Crippen LogP contribution is 1.85. The molecule has 0 aromatic carbocycles. The molecule has 0 aliphatic carbocycles. The average molecular weight is 138 g/mol. The number of hydrogen-bond acceptors (Lipinski definition) is 5. The maximum absolute atomic E-state index is 3.90. The molecule has 0 spiro atoms. The summed E-state index contributed by atoms with van der Waals surface area (Å²) in [6.07, 6.45) is 4.74. The van der Waals surface area contributed by atoms with Crippen molar-refractivity contribution in [3.8, 4) is 0 Å². The van der Waals surface area contributed by atoms with Crippen LogP contribution in [0, 0.1) is 0 Å². The molecule has 1 aliphatic rings. The zero-order valence-corrected chi connectivity index (χ0v) is 5.18. The van der Waals surface area contributed by atoms with Crippen molar-refractivity contribution >= 4 is 6.34 Å². The summed E-state index contributed by atoms with van der Waals surface area (Å²) in [5.74, 6) is 0. The molecule has 0 atom stereocenters. The first kappa shape index (κ1) is 5.21. The number of hydrazone groups is 1. The first-order valence-corrected chi connectivity index (χ1v) is 2.84. The van der Waals surface area contributed by atoms with Gasteiger partial charge in [0.15, 0.2) is 0 Å². The van der Waals surface area contributed by atoms with Crippen molar-refractivity contribution in [1.29, 1.82) is 0 Å². The van der Waals surface area contributed by atoms with Gasteiger partial charge in [0.25, 0.3) is 0 Å². The molecule has 0 unspecified atom stereocenters. The quantitative estimate of drug-likeness (QED) is 0.525. The number of nitrogens with zero attached hydrogens (tertiary/aromatic N) is 5. The number of rotatable bonds is 1. The lowest BCUT2D eigenvalue weighted by molar-refractivity contribution is 0.621. The fourth-order valence-corrected chi connectivity index (χ4v) is 0.722. The maximum atomic E-state index is 3.90. The summed E-state index contributed by atoms with van der Waals surface area (Å²) in [4.78, 5) is 5.39. The maximum Gasteiger partial charge on any atom is 0.139 e. The van der Waals surface area contributed by atoms with Crippen LogP contribution in [-0.4, -0.2) is 27.9 Å². The Bertz CT molecular complexity index is 226. The summed E-state index contributed by atoms with van der Waals surface area (Å²) in [5.41, 5.74) is 2.77. The van der Waals surface area contributed by atoms with Crippen LogP contribution in [0.4, 0.5) is 0 Å². The highest BCUT2D eigenvalue weighted by atomic mass is 15.7. The van der Waals surface area contributed by atoms with Gasteiger partial charge in [-0.25, -0.2) is 9.99 Å². The van der Waals surface area contributed by atoms with Gasteiger partial charge in [-0.05, 0) is 0 Å². The Morgan fingerprint density at radius 1 is 1.50 bits per heavy atom. The molecule has 6 heteroatoms. The van der Waals surface area contributed by atoms with Gasteiger partial charge in [0, 0.05) is 0 Å². The molecule has 1 aromatic rings. The third kappa shape index (κ3) is 0.697. The Labute approximate surface area is 57.1 Å². The predicted molar refractivity (Wildman–Crippen MR) is 34.7 cm³/mol. The molecule has 6 nitrogen and oxygen atoms in total. The monoisotopic (exact) mass is 138 g/mol. The van der Waals surface area contributed by atoms with Crippen molar-refractivity contribution in [3.05, 3.63) is 12.7 Å². The van der Waals surface area contributed by atoms with Gasteiger partial charge < -0.3 is 0 Å². The standard InChI is InChI=1S/C4H6N6/c1-5-2-10(8-1)9-3-6-7-4-9/h1-3,7H,4H2. The van der Waals surface area contributed by atoms with Crippen molar-refractivity contribution in [2.75, 3.05) is 11.7 Å². The van der Waals surface area contributed by atoms with Crippen molar-refractivity contribution in [3.63, 3.8) is 0 Å². The van der Waals surface area contributed by atoms with E-state index in [1.165, 1.54) is 6.33 Å². The third-order valence-electron chi connectivity index (χ3n) is 1.18. The Balaban J connectivity index is 2.20. The highest BCUT2D eigenvalue weighted by molar-refractivity contribution is 5.67. The van der Waals surface area contributed by atoms with Crippen molar-refractivity contribution < 1.29 is 0 Å². The van der Waals surface area contributed by atoms with E-state index in [9.17, 15) is 0 Å². The van der Waals surface area contributed by atoms with Gasteiger partial charge in [-0.3, -0.25) is 5.43 Å². The smallest absolute Gasteiger partial charge is 0.139 e. The lowest BCUT2D eigenvalue weighted by Crippen LogP contribution is -2.33. The van der Waals surface area contributed by atoms with Gasteiger partial charge in [-0.1, -0.05) is 0 Å². The van der Waals surface area contributed by atoms with E-state index in [-0.39, 0.29) is 0 Å². The fourth-order valence-electron chi connectivity index (χ4n) is 0.722. The number of nitrogens with one attached hydrogen (secondary N) is 1. The molecule has 0 bridgehead atoms. The molecule has 1 aliphatic heterocycles. The van der Waals surface area contributed by atoms with Gasteiger partial charge in [0.1, 0.15) is 25.7 Å². The van der Waals surface area contributed by atoms with Crippen LogP contribution in [-0.2, 0) is 0 Å². The first-order valence-electron chi connectivity index (χ1n) is 2.84. The Morgan fingerprint density at radius 3 is 3.10 bits per heavy atom. The van der Waals surface area contributed by atoms with Gasteiger partial charge in [-0.15, -0.1) is 5.10 Å². The highest BCUT2D eigenvalue weighted by Gasteiger charge is 2.05. The second-order valence-corrected chi connectivity index (χ2v) is 1.82. The molecule has 52 valence electrons. The van der Waals surface area contributed by atoms with Crippen LogP contribution in [0.2, 0.25) is 0 Å². The minimum Gasteiger partial charge on any atom is -0.287 e. The van der Waals surface area contributed by atoms with E-state index in [4.69, 9.17) is 0 Å². The Hall–Kier alpha value is -1.59. The van der Waals surface area contributed by atoms with E-state index < -0.39 is 0 Å². The van der Waals surface area contributed by atoms with Crippen LogP contribution in [0.5, 0.6) is 0 Å². The fraction of sp³-hybridized carbons (Fsp3) is 0.250. The SMILES string of the molecule is C1=NNCN1n1cncn1. The van der Waals surface area contributed by atoms with Gasteiger partial charge >= 0.3 is 0 Å². The summed E-state index contributed by atoms with van der Waals surface area (Å²) in [5, 5.41) is 9.47. The lowest BCUT2D eigenvalue weighted by Gasteiger charge is -2.10. The van der Waals surface area contributed by atoms with Crippen LogP contribution in [0.25, 0.3) is 0 Å². The zero-order valence-electron chi connectivity index (χ0n) is 5.18. The Kier molecular flexibility index (Phi) is 1.03. The van der Waals surface area contributed by atoms with Gasteiger partial charge in [-0.2, -0.15) is 9.89 Å². The summed E-state index contributed by atoms with van der Waals surface area (Å²) in [7, 11) is 0.